The van der Waals surface area contributed by atoms with Gasteiger partial charge in [-0.3, -0.25) is 0 Å². The van der Waals surface area contributed by atoms with E-state index in [1.807, 2.05) is 30.3 Å². The summed E-state index contributed by atoms with van der Waals surface area (Å²) in [4.78, 5) is 0. The third kappa shape index (κ3) is 1.97. The Bertz CT molecular complexity index is 602. The Morgan fingerprint density at radius 2 is 1.72 bits per heavy atom. The molecule has 0 fully saturated rings. The maximum atomic E-state index is 6.23. The van der Waals surface area contributed by atoms with Gasteiger partial charge in [-0.15, -0.1) is 0 Å². The number of halogens is 3. The van der Waals surface area contributed by atoms with Gasteiger partial charge in [0.15, 0.2) is 0 Å². The van der Waals surface area contributed by atoms with E-state index in [4.69, 9.17) is 39.5 Å². The first-order valence-corrected chi connectivity index (χ1v) is 6.70. The summed E-state index contributed by atoms with van der Waals surface area (Å²) in [7, 11) is 0. The number of fused-ring (bicyclic) bond motifs is 1. The molecule has 0 aliphatic carbocycles. The lowest BCUT2D eigenvalue weighted by Crippen LogP contribution is -1.90. The van der Waals surface area contributed by atoms with Crippen LogP contribution in [0.15, 0.2) is 30.3 Å². The predicted molar refractivity (Wildman–Crippen MR) is 76.1 cm³/mol. The average Bonchev–Trinajstić information content (AvgIpc) is 2.76. The number of hydrogen-bond acceptors (Lipinski definition) is 1. The summed E-state index contributed by atoms with van der Waals surface area (Å²) >= 11 is 18.6. The summed E-state index contributed by atoms with van der Waals surface area (Å²) in [6.45, 7) is 0.671. The standard InChI is InChI=1S/C14H9Cl3O/c15-9-6-8-4-5-18-14(8)10(7-9)13-11(16)2-1-3-12(13)17/h1-3,6-7H,4-5H2. The van der Waals surface area contributed by atoms with Gasteiger partial charge in [0.1, 0.15) is 5.75 Å². The molecule has 0 atom stereocenters. The van der Waals surface area contributed by atoms with Gasteiger partial charge in [0.05, 0.1) is 16.7 Å². The van der Waals surface area contributed by atoms with Crippen molar-refractivity contribution in [2.24, 2.45) is 0 Å². The van der Waals surface area contributed by atoms with Crippen molar-refractivity contribution in [1.82, 2.24) is 0 Å². The average molecular weight is 300 g/mol. The monoisotopic (exact) mass is 298 g/mol. The molecule has 3 rings (SSSR count). The number of hydrogen-bond donors (Lipinski definition) is 0. The molecule has 0 unspecified atom stereocenters. The molecule has 92 valence electrons. The minimum absolute atomic E-state index is 0.600. The van der Waals surface area contributed by atoms with Crippen LogP contribution in [-0.4, -0.2) is 6.61 Å². The van der Waals surface area contributed by atoms with E-state index in [0.29, 0.717) is 21.7 Å². The minimum Gasteiger partial charge on any atom is -0.492 e. The fraction of sp³-hybridized carbons (Fsp3) is 0.143. The topological polar surface area (TPSA) is 9.23 Å². The van der Waals surface area contributed by atoms with E-state index in [1.165, 1.54) is 0 Å². The van der Waals surface area contributed by atoms with Crippen LogP contribution in [0.5, 0.6) is 5.75 Å². The van der Waals surface area contributed by atoms with E-state index in [1.54, 1.807) is 0 Å². The quantitative estimate of drug-likeness (QED) is 0.699. The van der Waals surface area contributed by atoms with Gasteiger partial charge in [-0.2, -0.15) is 0 Å². The maximum absolute atomic E-state index is 6.23. The van der Waals surface area contributed by atoms with E-state index in [2.05, 4.69) is 0 Å². The molecule has 1 aliphatic rings. The van der Waals surface area contributed by atoms with E-state index in [-0.39, 0.29) is 0 Å². The molecule has 1 aliphatic heterocycles. The first kappa shape index (κ1) is 12.2. The van der Waals surface area contributed by atoms with Crippen LogP contribution in [-0.2, 0) is 6.42 Å². The zero-order valence-electron chi connectivity index (χ0n) is 9.34. The highest BCUT2D eigenvalue weighted by Gasteiger charge is 2.21. The lowest BCUT2D eigenvalue weighted by molar-refractivity contribution is 0.358. The molecular formula is C14H9Cl3O. The molecule has 0 bridgehead atoms. The molecule has 4 heteroatoms. The van der Waals surface area contributed by atoms with Crippen LogP contribution in [0.1, 0.15) is 5.56 Å². The Morgan fingerprint density at radius 3 is 2.44 bits per heavy atom. The van der Waals surface area contributed by atoms with Crippen LogP contribution >= 0.6 is 34.8 Å². The van der Waals surface area contributed by atoms with Gasteiger partial charge in [0.2, 0.25) is 0 Å². The van der Waals surface area contributed by atoms with Crippen molar-refractivity contribution in [3.05, 3.63) is 51.0 Å². The third-order valence-electron chi connectivity index (χ3n) is 2.98. The summed E-state index contributed by atoms with van der Waals surface area (Å²) in [6, 6.07) is 9.22. The zero-order valence-corrected chi connectivity index (χ0v) is 11.6. The molecule has 0 amide bonds. The Labute approximate surface area is 120 Å². The van der Waals surface area contributed by atoms with Gasteiger partial charge < -0.3 is 4.74 Å². The smallest absolute Gasteiger partial charge is 0.130 e. The fourth-order valence-corrected chi connectivity index (χ4v) is 3.05. The second kappa shape index (κ2) is 4.65. The van der Waals surface area contributed by atoms with Crippen LogP contribution in [0.2, 0.25) is 15.1 Å². The second-order valence-electron chi connectivity index (χ2n) is 4.14. The maximum Gasteiger partial charge on any atom is 0.130 e. The molecular weight excluding hydrogens is 291 g/mol. The summed E-state index contributed by atoms with van der Waals surface area (Å²) in [5.41, 5.74) is 2.75. The summed E-state index contributed by atoms with van der Waals surface area (Å²) in [5, 5.41) is 1.87. The van der Waals surface area contributed by atoms with Gasteiger partial charge in [-0.05, 0) is 29.8 Å². The van der Waals surface area contributed by atoms with Crippen molar-refractivity contribution in [3.63, 3.8) is 0 Å². The lowest BCUT2D eigenvalue weighted by Gasteiger charge is -2.12. The van der Waals surface area contributed by atoms with Gasteiger partial charge >= 0.3 is 0 Å². The Balaban J connectivity index is 2.30. The first-order chi connectivity index (χ1) is 8.66. The van der Waals surface area contributed by atoms with Gasteiger partial charge in [-0.1, -0.05) is 40.9 Å². The predicted octanol–water partition coefficient (Wildman–Crippen LogP) is 5.25. The van der Waals surface area contributed by atoms with Gasteiger partial charge in [-0.25, -0.2) is 0 Å². The van der Waals surface area contributed by atoms with Crippen LogP contribution < -0.4 is 4.74 Å². The number of rotatable bonds is 1. The molecule has 2 aromatic carbocycles. The van der Waals surface area contributed by atoms with Crippen molar-refractivity contribution < 1.29 is 4.74 Å². The van der Waals surface area contributed by atoms with Crippen LogP contribution in [0.3, 0.4) is 0 Å². The molecule has 0 saturated carbocycles. The molecule has 0 radical (unpaired) electrons. The van der Waals surface area contributed by atoms with Crippen molar-refractivity contribution >= 4 is 34.8 Å². The summed E-state index contributed by atoms with van der Waals surface area (Å²) in [6.07, 6.45) is 0.866. The van der Waals surface area contributed by atoms with E-state index in [9.17, 15) is 0 Å². The summed E-state index contributed by atoms with van der Waals surface area (Å²) in [5.74, 6) is 0.842. The Hall–Kier alpha value is -0.890. The second-order valence-corrected chi connectivity index (χ2v) is 5.39. The Morgan fingerprint density at radius 1 is 1.00 bits per heavy atom. The van der Waals surface area contributed by atoms with Crippen LogP contribution in [0, 0.1) is 0 Å². The van der Waals surface area contributed by atoms with Crippen molar-refractivity contribution in [1.29, 1.82) is 0 Å². The number of ether oxygens (including phenoxy) is 1. The minimum atomic E-state index is 0.600. The lowest BCUT2D eigenvalue weighted by atomic mass is 10.0. The van der Waals surface area contributed by atoms with Gasteiger partial charge in [0.25, 0.3) is 0 Å². The Kier molecular flexibility index (Phi) is 3.14. The van der Waals surface area contributed by atoms with E-state index >= 15 is 0 Å². The van der Waals surface area contributed by atoms with Crippen molar-refractivity contribution in [3.8, 4) is 16.9 Å². The molecule has 0 spiro atoms. The number of benzene rings is 2. The highest BCUT2D eigenvalue weighted by Crippen LogP contribution is 2.44. The summed E-state index contributed by atoms with van der Waals surface area (Å²) < 4.78 is 5.67. The van der Waals surface area contributed by atoms with Crippen LogP contribution in [0.25, 0.3) is 11.1 Å². The molecule has 1 nitrogen and oxygen atoms in total. The molecule has 1 heterocycles. The van der Waals surface area contributed by atoms with Crippen molar-refractivity contribution in [2.75, 3.05) is 6.61 Å². The molecule has 18 heavy (non-hydrogen) atoms. The largest absolute Gasteiger partial charge is 0.492 e. The van der Waals surface area contributed by atoms with Gasteiger partial charge in [0, 0.05) is 22.6 Å². The van der Waals surface area contributed by atoms with Crippen molar-refractivity contribution in [2.45, 2.75) is 6.42 Å². The molecule has 0 aromatic heterocycles. The molecule has 0 N–H and O–H groups in total. The van der Waals surface area contributed by atoms with E-state index < -0.39 is 0 Å². The zero-order chi connectivity index (χ0) is 12.7. The molecule has 0 saturated heterocycles. The van der Waals surface area contributed by atoms with E-state index in [0.717, 1.165) is 28.9 Å². The normalized spacial score (nSPS) is 13.3. The van der Waals surface area contributed by atoms with Crippen LogP contribution in [0.4, 0.5) is 0 Å². The highest BCUT2D eigenvalue weighted by atomic mass is 35.5. The fourth-order valence-electron chi connectivity index (χ4n) is 2.21. The highest BCUT2D eigenvalue weighted by molar-refractivity contribution is 6.39. The molecule has 2 aromatic rings. The SMILES string of the molecule is Clc1cc2c(c(-c3c(Cl)cccc3Cl)c1)OCC2. The first-order valence-electron chi connectivity index (χ1n) is 5.56. The third-order valence-corrected chi connectivity index (χ3v) is 3.83.